The molecule has 1 N–H and O–H groups in total. The summed E-state index contributed by atoms with van der Waals surface area (Å²) in [5.74, 6) is 0.948. The smallest absolute Gasteiger partial charge is 0.322 e. The number of hydrogen-bond acceptors (Lipinski definition) is 3. The van der Waals surface area contributed by atoms with Crippen molar-refractivity contribution in [2.75, 3.05) is 25.0 Å². The molecule has 0 bridgehead atoms. The molecule has 2 amide bonds. The third kappa shape index (κ3) is 4.80. The second-order valence-corrected chi connectivity index (χ2v) is 9.24. The number of benzene rings is 3. The van der Waals surface area contributed by atoms with Crippen LogP contribution in [0.25, 0.3) is 0 Å². The molecule has 1 unspecified atom stereocenters. The lowest BCUT2D eigenvalue weighted by Crippen LogP contribution is -2.52. The Balaban J connectivity index is 1.30. The van der Waals surface area contributed by atoms with Gasteiger partial charge in [-0.2, -0.15) is 0 Å². The fraction of sp³-hybridized carbons (Fsp3) is 0.345. The average molecular weight is 456 g/mol. The number of urea groups is 1. The van der Waals surface area contributed by atoms with Gasteiger partial charge in [-0.05, 0) is 48.6 Å². The van der Waals surface area contributed by atoms with Crippen LogP contribution in [0.2, 0.25) is 0 Å². The number of hydrogen-bond donors (Lipinski definition) is 1. The monoisotopic (exact) mass is 455 g/mol. The first kappa shape index (κ1) is 22.5. The van der Waals surface area contributed by atoms with Gasteiger partial charge >= 0.3 is 6.03 Å². The second kappa shape index (κ2) is 10.3. The Morgan fingerprint density at radius 1 is 0.941 bits per heavy atom. The number of para-hydroxylation sites is 1. The lowest BCUT2D eigenvalue weighted by molar-refractivity contribution is 0.105. The van der Waals surface area contributed by atoms with Gasteiger partial charge in [-0.3, -0.25) is 4.90 Å². The SMILES string of the molecule is CCCOc1cccc(CN2CCC(N3C(=O)Nc4ccccc4C3c3ccccc3)CC2)c1. The van der Waals surface area contributed by atoms with Gasteiger partial charge < -0.3 is 15.0 Å². The van der Waals surface area contributed by atoms with Crippen molar-refractivity contribution in [2.45, 2.75) is 44.8 Å². The third-order valence-electron chi connectivity index (χ3n) is 6.85. The Labute approximate surface area is 202 Å². The summed E-state index contributed by atoms with van der Waals surface area (Å²) in [6.45, 7) is 5.72. The number of carbonyl (C=O) groups excluding carboxylic acids is 1. The molecule has 2 heterocycles. The maximum atomic E-state index is 13.3. The van der Waals surface area contributed by atoms with Crippen molar-refractivity contribution in [3.63, 3.8) is 0 Å². The number of carbonyl (C=O) groups is 1. The topological polar surface area (TPSA) is 44.8 Å². The highest BCUT2D eigenvalue weighted by Gasteiger charge is 2.39. The molecule has 5 rings (SSSR count). The van der Waals surface area contributed by atoms with Crippen molar-refractivity contribution in [1.82, 2.24) is 9.80 Å². The number of rotatable bonds is 7. The van der Waals surface area contributed by atoms with E-state index in [2.05, 4.69) is 76.6 Å². The van der Waals surface area contributed by atoms with Crippen LogP contribution in [-0.2, 0) is 6.54 Å². The van der Waals surface area contributed by atoms with Gasteiger partial charge in [-0.15, -0.1) is 0 Å². The number of fused-ring (bicyclic) bond motifs is 1. The van der Waals surface area contributed by atoms with Crippen LogP contribution in [0.15, 0.2) is 78.9 Å². The first-order chi connectivity index (χ1) is 16.7. The quantitative estimate of drug-likeness (QED) is 0.470. The molecule has 5 nitrogen and oxygen atoms in total. The molecule has 3 aromatic rings. The summed E-state index contributed by atoms with van der Waals surface area (Å²) in [5, 5.41) is 3.14. The minimum atomic E-state index is -0.0601. The number of anilines is 1. The molecule has 0 aliphatic carbocycles. The fourth-order valence-corrected chi connectivity index (χ4v) is 5.22. The molecule has 1 fully saturated rings. The van der Waals surface area contributed by atoms with Crippen LogP contribution in [0.1, 0.15) is 48.9 Å². The normalized spacial score (nSPS) is 18.9. The maximum Gasteiger partial charge on any atom is 0.322 e. The van der Waals surface area contributed by atoms with Crippen molar-refractivity contribution >= 4 is 11.7 Å². The van der Waals surface area contributed by atoms with Crippen LogP contribution in [0.4, 0.5) is 10.5 Å². The van der Waals surface area contributed by atoms with Crippen molar-refractivity contribution in [3.05, 3.63) is 95.6 Å². The highest BCUT2D eigenvalue weighted by molar-refractivity contribution is 5.93. The molecule has 2 aliphatic rings. The minimum Gasteiger partial charge on any atom is -0.494 e. The van der Waals surface area contributed by atoms with Crippen LogP contribution in [0.5, 0.6) is 5.75 Å². The minimum absolute atomic E-state index is 0.00628. The van der Waals surface area contributed by atoms with Gasteiger partial charge in [-0.25, -0.2) is 4.79 Å². The standard InChI is InChI=1S/C29H33N3O2/c1-2-19-34-25-12-8-9-22(20-25)21-31-17-15-24(16-18-31)32-28(23-10-4-3-5-11-23)26-13-6-7-14-27(26)30-29(32)33/h3-14,20,24,28H,2,15-19,21H2,1H3,(H,30,33). The summed E-state index contributed by atoms with van der Waals surface area (Å²) in [4.78, 5) is 17.9. The van der Waals surface area contributed by atoms with Gasteiger partial charge in [0.15, 0.2) is 0 Å². The average Bonchev–Trinajstić information content (AvgIpc) is 2.88. The van der Waals surface area contributed by atoms with Crippen LogP contribution < -0.4 is 10.1 Å². The predicted molar refractivity (Wildman–Crippen MR) is 136 cm³/mol. The Kier molecular flexibility index (Phi) is 6.82. The zero-order chi connectivity index (χ0) is 23.3. The molecular formula is C29H33N3O2. The summed E-state index contributed by atoms with van der Waals surface area (Å²) >= 11 is 0. The fourth-order valence-electron chi connectivity index (χ4n) is 5.22. The maximum absolute atomic E-state index is 13.3. The molecule has 3 aromatic carbocycles. The van der Waals surface area contributed by atoms with Crippen LogP contribution >= 0.6 is 0 Å². The van der Waals surface area contributed by atoms with Gasteiger partial charge in [-0.1, -0.05) is 67.6 Å². The molecule has 1 atom stereocenters. The van der Waals surface area contributed by atoms with E-state index < -0.39 is 0 Å². The largest absolute Gasteiger partial charge is 0.494 e. The summed E-state index contributed by atoms with van der Waals surface area (Å²) in [5.41, 5.74) is 4.52. The van der Waals surface area contributed by atoms with E-state index in [4.69, 9.17) is 4.74 Å². The van der Waals surface area contributed by atoms with E-state index in [1.54, 1.807) is 0 Å². The molecule has 34 heavy (non-hydrogen) atoms. The van der Waals surface area contributed by atoms with Gasteiger partial charge in [0.05, 0.1) is 12.6 Å². The third-order valence-corrected chi connectivity index (χ3v) is 6.85. The molecule has 176 valence electrons. The molecule has 0 saturated carbocycles. The van der Waals surface area contributed by atoms with Gasteiger partial charge in [0.2, 0.25) is 0 Å². The van der Waals surface area contributed by atoms with Crippen LogP contribution in [-0.4, -0.2) is 41.6 Å². The number of ether oxygens (including phenoxy) is 1. The van der Waals surface area contributed by atoms with E-state index in [1.165, 1.54) is 11.1 Å². The number of nitrogens with zero attached hydrogens (tertiary/aromatic N) is 2. The molecule has 5 heteroatoms. The number of nitrogens with one attached hydrogen (secondary N) is 1. The molecule has 0 radical (unpaired) electrons. The summed E-state index contributed by atoms with van der Waals surface area (Å²) in [6, 6.07) is 27.2. The molecular weight excluding hydrogens is 422 g/mol. The van der Waals surface area contributed by atoms with E-state index in [-0.39, 0.29) is 18.1 Å². The predicted octanol–water partition coefficient (Wildman–Crippen LogP) is 6.08. The highest BCUT2D eigenvalue weighted by atomic mass is 16.5. The Morgan fingerprint density at radius 3 is 2.50 bits per heavy atom. The van der Waals surface area contributed by atoms with E-state index >= 15 is 0 Å². The van der Waals surface area contributed by atoms with Crippen LogP contribution in [0, 0.1) is 0 Å². The molecule has 2 aliphatic heterocycles. The Hall–Kier alpha value is -3.31. The van der Waals surface area contributed by atoms with Gasteiger partial charge in [0, 0.05) is 36.9 Å². The second-order valence-electron chi connectivity index (χ2n) is 9.24. The Bertz CT molecular complexity index is 1110. The first-order valence-corrected chi connectivity index (χ1v) is 12.4. The van der Waals surface area contributed by atoms with Crippen molar-refractivity contribution in [3.8, 4) is 5.75 Å². The molecule has 0 spiro atoms. The number of amides is 2. The molecule has 1 saturated heterocycles. The van der Waals surface area contributed by atoms with Crippen molar-refractivity contribution in [2.24, 2.45) is 0 Å². The zero-order valence-corrected chi connectivity index (χ0v) is 19.8. The van der Waals surface area contributed by atoms with E-state index in [9.17, 15) is 4.79 Å². The summed E-state index contributed by atoms with van der Waals surface area (Å²) in [7, 11) is 0. The van der Waals surface area contributed by atoms with Crippen molar-refractivity contribution < 1.29 is 9.53 Å². The lowest BCUT2D eigenvalue weighted by atomic mass is 9.90. The van der Waals surface area contributed by atoms with E-state index in [0.717, 1.165) is 62.5 Å². The summed E-state index contributed by atoms with van der Waals surface area (Å²) in [6.07, 6.45) is 2.94. The molecule has 0 aromatic heterocycles. The van der Waals surface area contributed by atoms with Crippen molar-refractivity contribution in [1.29, 1.82) is 0 Å². The zero-order valence-electron chi connectivity index (χ0n) is 19.8. The summed E-state index contributed by atoms with van der Waals surface area (Å²) < 4.78 is 5.81. The van der Waals surface area contributed by atoms with E-state index in [1.807, 2.05) is 24.3 Å². The number of piperidine rings is 1. The highest BCUT2D eigenvalue weighted by Crippen LogP contribution is 2.40. The van der Waals surface area contributed by atoms with Crippen LogP contribution in [0.3, 0.4) is 0 Å². The van der Waals surface area contributed by atoms with Gasteiger partial charge in [0.25, 0.3) is 0 Å². The number of likely N-dealkylation sites (tertiary alicyclic amines) is 1. The van der Waals surface area contributed by atoms with E-state index in [0.29, 0.717) is 0 Å². The van der Waals surface area contributed by atoms with Gasteiger partial charge in [0.1, 0.15) is 5.75 Å². The first-order valence-electron chi connectivity index (χ1n) is 12.4. The Morgan fingerprint density at radius 2 is 1.71 bits per heavy atom. The lowest BCUT2D eigenvalue weighted by Gasteiger charge is -2.45.